The molecule has 0 saturated heterocycles. The minimum Gasteiger partial charge on any atom is -0.394 e. The van der Waals surface area contributed by atoms with E-state index in [1.807, 2.05) is 0 Å². The number of hydrogen-bond donors (Lipinski definition) is 2. The zero-order chi connectivity index (χ0) is 9.26. The molecule has 13 heavy (non-hydrogen) atoms. The van der Waals surface area contributed by atoms with E-state index >= 15 is 0 Å². The van der Waals surface area contributed by atoms with Gasteiger partial charge in [0.2, 0.25) is 5.28 Å². The van der Waals surface area contributed by atoms with Gasteiger partial charge >= 0.3 is 0 Å². The van der Waals surface area contributed by atoms with Gasteiger partial charge in [-0.2, -0.15) is 4.98 Å². The fourth-order valence-electron chi connectivity index (χ4n) is 1.07. The third-order valence-electron chi connectivity index (χ3n) is 2.04. The highest BCUT2D eigenvalue weighted by molar-refractivity contribution is 6.28. The average molecular weight is 199 g/mol. The minimum absolute atomic E-state index is 0.229. The molecule has 3 N–H and O–H groups in total. The second-order valence-corrected chi connectivity index (χ2v) is 3.61. The van der Waals surface area contributed by atoms with E-state index in [1.54, 1.807) is 0 Å². The number of nitrogens with two attached hydrogens (primary N) is 1. The molecule has 1 aliphatic rings. The van der Waals surface area contributed by atoms with Gasteiger partial charge in [0.05, 0.1) is 11.9 Å². The lowest BCUT2D eigenvalue weighted by Gasteiger charge is -2.06. The molecular formula is C8H11ClN4. The van der Waals surface area contributed by atoms with Crippen molar-refractivity contribution in [1.29, 1.82) is 0 Å². The number of nitrogens with one attached hydrogen (secondary N) is 1. The number of hydrogen-bond acceptors (Lipinski definition) is 4. The van der Waals surface area contributed by atoms with E-state index in [9.17, 15) is 0 Å². The first-order valence-electron chi connectivity index (χ1n) is 4.27. The molecule has 0 aromatic carbocycles. The highest BCUT2D eigenvalue weighted by Crippen LogP contribution is 2.29. The van der Waals surface area contributed by atoms with E-state index < -0.39 is 0 Å². The van der Waals surface area contributed by atoms with Crippen LogP contribution in [0.1, 0.15) is 12.8 Å². The smallest absolute Gasteiger partial charge is 0.224 e. The monoisotopic (exact) mass is 198 g/mol. The number of halogens is 1. The number of aromatic nitrogens is 2. The standard InChI is InChI=1S/C8H11ClN4/c9-8-12-4-6(10)7(13-8)11-3-5-1-2-5/h4-5H,1-3,10H2,(H,11,12,13). The molecule has 4 nitrogen and oxygen atoms in total. The van der Waals surface area contributed by atoms with Gasteiger partial charge in [-0.1, -0.05) is 0 Å². The SMILES string of the molecule is Nc1cnc(Cl)nc1NCC1CC1. The highest BCUT2D eigenvalue weighted by Gasteiger charge is 2.21. The molecule has 5 heteroatoms. The molecule has 0 aliphatic heterocycles. The summed E-state index contributed by atoms with van der Waals surface area (Å²) in [6.45, 7) is 0.928. The molecule has 0 atom stereocenters. The third-order valence-corrected chi connectivity index (χ3v) is 2.22. The van der Waals surface area contributed by atoms with Gasteiger partial charge in [-0.25, -0.2) is 4.98 Å². The Labute approximate surface area is 81.5 Å². The van der Waals surface area contributed by atoms with E-state index in [0.29, 0.717) is 11.5 Å². The Morgan fingerprint density at radius 1 is 1.62 bits per heavy atom. The van der Waals surface area contributed by atoms with Crippen LogP contribution < -0.4 is 11.1 Å². The maximum absolute atomic E-state index is 5.65. The van der Waals surface area contributed by atoms with Gasteiger partial charge in [-0.15, -0.1) is 0 Å². The Kier molecular flexibility index (Phi) is 2.22. The Morgan fingerprint density at radius 2 is 2.38 bits per heavy atom. The topological polar surface area (TPSA) is 63.8 Å². The molecule has 1 aliphatic carbocycles. The van der Waals surface area contributed by atoms with Crippen LogP contribution in [-0.4, -0.2) is 16.5 Å². The lowest BCUT2D eigenvalue weighted by molar-refractivity contribution is 0.882. The first-order chi connectivity index (χ1) is 6.25. The average Bonchev–Trinajstić information content (AvgIpc) is 2.90. The van der Waals surface area contributed by atoms with Crippen LogP contribution in [-0.2, 0) is 0 Å². The predicted octanol–water partition coefficient (Wildman–Crippen LogP) is 1.53. The zero-order valence-electron chi connectivity index (χ0n) is 7.13. The Morgan fingerprint density at radius 3 is 3.08 bits per heavy atom. The maximum Gasteiger partial charge on any atom is 0.224 e. The van der Waals surface area contributed by atoms with Gasteiger partial charge in [0.1, 0.15) is 0 Å². The first kappa shape index (κ1) is 8.56. The van der Waals surface area contributed by atoms with Crippen LogP contribution >= 0.6 is 11.6 Å². The van der Waals surface area contributed by atoms with Crippen molar-refractivity contribution in [1.82, 2.24) is 9.97 Å². The van der Waals surface area contributed by atoms with Crippen LogP contribution in [0.25, 0.3) is 0 Å². The van der Waals surface area contributed by atoms with Crippen molar-refractivity contribution < 1.29 is 0 Å². The van der Waals surface area contributed by atoms with Crippen molar-refractivity contribution in [3.8, 4) is 0 Å². The molecule has 0 spiro atoms. The molecule has 2 rings (SSSR count). The summed E-state index contributed by atoms with van der Waals surface area (Å²) < 4.78 is 0. The van der Waals surface area contributed by atoms with Crippen LogP contribution in [0.4, 0.5) is 11.5 Å². The van der Waals surface area contributed by atoms with Crippen molar-refractivity contribution in [3.05, 3.63) is 11.5 Å². The molecule has 1 aromatic heterocycles. The molecule has 0 amide bonds. The Hall–Kier alpha value is -1.03. The van der Waals surface area contributed by atoms with E-state index in [-0.39, 0.29) is 5.28 Å². The number of rotatable bonds is 3. The van der Waals surface area contributed by atoms with E-state index in [2.05, 4.69) is 15.3 Å². The summed E-state index contributed by atoms with van der Waals surface area (Å²) in [4.78, 5) is 7.76. The van der Waals surface area contributed by atoms with Crippen LogP contribution in [0.15, 0.2) is 6.20 Å². The van der Waals surface area contributed by atoms with Crippen LogP contribution in [0, 0.1) is 5.92 Å². The van der Waals surface area contributed by atoms with Crippen molar-refractivity contribution in [2.45, 2.75) is 12.8 Å². The van der Waals surface area contributed by atoms with Crippen LogP contribution in [0.2, 0.25) is 5.28 Å². The second-order valence-electron chi connectivity index (χ2n) is 3.27. The van der Waals surface area contributed by atoms with E-state index in [1.165, 1.54) is 19.0 Å². The molecule has 0 unspecified atom stereocenters. The van der Waals surface area contributed by atoms with Crippen molar-refractivity contribution in [3.63, 3.8) is 0 Å². The largest absolute Gasteiger partial charge is 0.394 e. The van der Waals surface area contributed by atoms with Crippen molar-refractivity contribution >= 4 is 23.1 Å². The zero-order valence-corrected chi connectivity index (χ0v) is 7.88. The fourth-order valence-corrected chi connectivity index (χ4v) is 1.21. The second kappa shape index (κ2) is 3.38. The molecule has 1 fully saturated rings. The van der Waals surface area contributed by atoms with Gasteiger partial charge in [-0.05, 0) is 30.4 Å². The van der Waals surface area contributed by atoms with Gasteiger partial charge in [-0.3, -0.25) is 0 Å². The molecule has 0 bridgehead atoms. The summed E-state index contributed by atoms with van der Waals surface area (Å²) in [6.07, 6.45) is 4.11. The molecule has 1 aromatic rings. The van der Waals surface area contributed by atoms with Crippen molar-refractivity contribution in [2.75, 3.05) is 17.6 Å². The molecule has 1 saturated carbocycles. The lowest BCUT2D eigenvalue weighted by Crippen LogP contribution is -2.08. The fraction of sp³-hybridized carbons (Fsp3) is 0.500. The number of nitrogen functional groups attached to an aromatic ring is 1. The summed E-state index contributed by atoms with van der Waals surface area (Å²) >= 11 is 5.63. The van der Waals surface area contributed by atoms with Gasteiger partial charge in [0.25, 0.3) is 0 Å². The predicted molar refractivity (Wildman–Crippen MR) is 52.7 cm³/mol. The highest BCUT2D eigenvalue weighted by atomic mass is 35.5. The summed E-state index contributed by atoms with van der Waals surface area (Å²) in [6, 6.07) is 0. The van der Waals surface area contributed by atoms with E-state index in [0.717, 1.165) is 12.5 Å². The normalized spacial score (nSPS) is 15.8. The summed E-state index contributed by atoms with van der Waals surface area (Å²) in [5.41, 5.74) is 6.20. The van der Waals surface area contributed by atoms with Crippen LogP contribution in [0.5, 0.6) is 0 Å². The minimum atomic E-state index is 0.229. The molecule has 1 heterocycles. The van der Waals surface area contributed by atoms with E-state index in [4.69, 9.17) is 17.3 Å². The first-order valence-corrected chi connectivity index (χ1v) is 4.65. The summed E-state index contributed by atoms with van der Waals surface area (Å²) in [5, 5.41) is 3.38. The number of anilines is 2. The lowest BCUT2D eigenvalue weighted by atomic mass is 10.4. The van der Waals surface area contributed by atoms with Crippen LogP contribution in [0.3, 0.4) is 0 Å². The quantitative estimate of drug-likeness (QED) is 0.724. The summed E-state index contributed by atoms with van der Waals surface area (Å²) in [7, 11) is 0. The van der Waals surface area contributed by atoms with Crippen molar-refractivity contribution in [2.24, 2.45) is 5.92 Å². The Bertz CT molecular complexity index is 311. The number of nitrogens with zero attached hydrogens (tertiary/aromatic N) is 2. The third kappa shape index (κ3) is 2.21. The van der Waals surface area contributed by atoms with Gasteiger partial charge in [0, 0.05) is 6.54 Å². The molecule has 0 radical (unpaired) electrons. The summed E-state index contributed by atoms with van der Waals surface area (Å²) in [5.74, 6) is 1.43. The maximum atomic E-state index is 5.65. The van der Waals surface area contributed by atoms with Gasteiger partial charge in [0.15, 0.2) is 5.82 Å². The van der Waals surface area contributed by atoms with Gasteiger partial charge < -0.3 is 11.1 Å². The molecular weight excluding hydrogens is 188 g/mol. The Balaban J connectivity index is 2.03. The molecule has 70 valence electrons.